The summed E-state index contributed by atoms with van der Waals surface area (Å²) in [6, 6.07) is 17.9. The van der Waals surface area contributed by atoms with Gasteiger partial charge < -0.3 is 14.0 Å². The molecule has 5 aromatic rings. The molecule has 0 fully saturated rings. The summed E-state index contributed by atoms with van der Waals surface area (Å²) in [6.07, 6.45) is 8.94. The van der Waals surface area contributed by atoms with E-state index < -0.39 is 0 Å². The van der Waals surface area contributed by atoms with Gasteiger partial charge >= 0.3 is 0 Å². The van der Waals surface area contributed by atoms with Crippen molar-refractivity contribution in [3.8, 4) is 22.6 Å². The molecule has 0 bridgehead atoms. The standard InChI is InChI=1S/C24H24N2O3.C17H16BrNO2/c1-15-5-4-8-25-22(15)14-29-23-11-18(10-17-6-7-20(27)12-21(17)23)19-9-16(2)24(28)26(3)13-19;1-11-3-2-6-19-16(11)10-21-17-8-13(18)7-12-4-5-14(20)9-15(12)17/h4-5,8-11,13H,6-7,12,14H2,1-3H3;2-3,6-8H,4-5,9-10H2,1H3. The third-order valence-corrected chi connectivity index (χ3v) is 9.78. The number of pyridine rings is 3. The number of ether oxygens (including phenoxy) is 2. The van der Waals surface area contributed by atoms with Crippen molar-refractivity contribution in [2.24, 2.45) is 7.05 Å². The molecule has 0 unspecified atom stereocenters. The quantitative estimate of drug-likeness (QED) is 0.171. The summed E-state index contributed by atoms with van der Waals surface area (Å²) in [6.45, 7) is 6.62. The van der Waals surface area contributed by atoms with E-state index >= 15 is 0 Å². The lowest BCUT2D eigenvalue weighted by Crippen LogP contribution is -2.18. The average molecular weight is 735 g/mol. The van der Waals surface area contributed by atoms with Crippen LogP contribution in [0.5, 0.6) is 11.5 Å². The van der Waals surface area contributed by atoms with Crippen LogP contribution in [0.15, 0.2) is 82.5 Å². The summed E-state index contributed by atoms with van der Waals surface area (Å²) in [5.41, 5.74) is 11.0. The summed E-state index contributed by atoms with van der Waals surface area (Å²) in [4.78, 5) is 44.6. The van der Waals surface area contributed by atoms with Gasteiger partial charge in [-0.15, -0.1) is 0 Å². The molecule has 0 saturated heterocycles. The van der Waals surface area contributed by atoms with Crippen molar-refractivity contribution < 1.29 is 19.1 Å². The molecule has 2 aromatic carbocycles. The number of rotatable bonds is 7. The zero-order valence-corrected chi connectivity index (χ0v) is 30.4. The van der Waals surface area contributed by atoms with E-state index in [-0.39, 0.29) is 17.1 Å². The highest BCUT2D eigenvalue weighted by atomic mass is 79.9. The van der Waals surface area contributed by atoms with Gasteiger partial charge in [-0.2, -0.15) is 0 Å². The Balaban J connectivity index is 0.000000182. The lowest BCUT2D eigenvalue weighted by molar-refractivity contribution is -0.119. The maximum atomic E-state index is 12.1. The van der Waals surface area contributed by atoms with Crippen LogP contribution in [0.25, 0.3) is 11.1 Å². The first-order valence-corrected chi connectivity index (χ1v) is 17.6. The van der Waals surface area contributed by atoms with Gasteiger partial charge in [-0.3, -0.25) is 24.4 Å². The fourth-order valence-corrected chi connectivity index (χ4v) is 6.91. The number of halogens is 1. The van der Waals surface area contributed by atoms with E-state index in [2.05, 4.69) is 38.0 Å². The maximum absolute atomic E-state index is 12.1. The highest BCUT2D eigenvalue weighted by molar-refractivity contribution is 9.10. The molecule has 0 spiro atoms. The SMILES string of the molecule is Cc1cccnc1COc1cc(-c2cc(C)c(=O)n(C)c2)cc2c1CC(=O)CC2.Cc1cccnc1COc1cc(Br)cc2c1CC(=O)CC2. The highest BCUT2D eigenvalue weighted by Gasteiger charge is 2.23. The average Bonchev–Trinajstić information content (AvgIpc) is 3.10. The van der Waals surface area contributed by atoms with Gasteiger partial charge in [-0.25, -0.2) is 0 Å². The topological polar surface area (TPSA) is 100 Å². The molecule has 0 N–H and O–H groups in total. The molecule has 7 rings (SSSR count). The second-order valence-electron chi connectivity index (χ2n) is 13.0. The minimum atomic E-state index is -0.000549. The molecule has 256 valence electrons. The van der Waals surface area contributed by atoms with E-state index in [0.717, 1.165) is 72.7 Å². The van der Waals surface area contributed by atoms with Crippen molar-refractivity contribution in [2.45, 2.75) is 72.5 Å². The third kappa shape index (κ3) is 8.11. The number of hydrogen-bond donors (Lipinski definition) is 0. The van der Waals surface area contributed by atoms with Gasteiger partial charge in [0.2, 0.25) is 0 Å². The van der Waals surface area contributed by atoms with Gasteiger partial charge in [0.25, 0.3) is 5.56 Å². The van der Waals surface area contributed by atoms with E-state index in [0.29, 0.717) is 50.9 Å². The van der Waals surface area contributed by atoms with Gasteiger partial charge in [0, 0.05) is 72.5 Å². The number of benzene rings is 2. The molecule has 0 atom stereocenters. The fourth-order valence-electron chi connectivity index (χ4n) is 6.43. The van der Waals surface area contributed by atoms with E-state index in [9.17, 15) is 14.4 Å². The molecule has 2 aliphatic carbocycles. The Morgan fingerprint density at radius 1 is 0.680 bits per heavy atom. The van der Waals surface area contributed by atoms with Crippen LogP contribution in [0.4, 0.5) is 0 Å². The molecule has 0 aliphatic heterocycles. The molecule has 0 radical (unpaired) electrons. The minimum Gasteiger partial charge on any atom is -0.487 e. The largest absolute Gasteiger partial charge is 0.487 e. The van der Waals surface area contributed by atoms with Gasteiger partial charge in [0.15, 0.2) is 0 Å². The number of Topliss-reactive ketones (excluding diaryl/α,β-unsaturated/α-hetero) is 2. The van der Waals surface area contributed by atoms with Gasteiger partial charge in [0.05, 0.1) is 11.4 Å². The fraction of sp³-hybridized carbons (Fsp3) is 0.293. The second kappa shape index (κ2) is 15.3. The minimum absolute atomic E-state index is 0.000549. The van der Waals surface area contributed by atoms with Crippen LogP contribution in [0.1, 0.15) is 63.2 Å². The predicted octanol–water partition coefficient (Wildman–Crippen LogP) is 7.49. The summed E-state index contributed by atoms with van der Waals surface area (Å²) < 4.78 is 14.7. The Labute approximate surface area is 300 Å². The molecule has 0 amide bonds. The first kappa shape index (κ1) is 35.0. The zero-order valence-electron chi connectivity index (χ0n) is 28.8. The van der Waals surface area contributed by atoms with E-state index in [1.165, 1.54) is 5.56 Å². The number of carbonyl (C=O) groups is 2. The highest BCUT2D eigenvalue weighted by Crippen LogP contribution is 2.35. The van der Waals surface area contributed by atoms with Crippen molar-refractivity contribution in [3.05, 3.63) is 138 Å². The Hall–Kier alpha value is -4.89. The number of nitrogens with zero attached hydrogens (tertiary/aromatic N) is 3. The zero-order chi connectivity index (χ0) is 35.4. The number of carbonyl (C=O) groups excluding carboxylic acids is 2. The number of aromatic nitrogens is 3. The molecule has 3 heterocycles. The first-order valence-electron chi connectivity index (χ1n) is 16.8. The second-order valence-corrected chi connectivity index (χ2v) is 13.9. The Kier molecular flexibility index (Phi) is 10.7. The van der Waals surface area contributed by atoms with E-state index in [1.54, 1.807) is 24.0 Å². The molecular weight excluding hydrogens is 694 g/mol. The van der Waals surface area contributed by atoms with Gasteiger partial charge in [0.1, 0.15) is 36.3 Å². The third-order valence-electron chi connectivity index (χ3n) is 9.32. The van der Waals surface area contributed by atoms with Crippen molar-refractivity contribution >= 4 is 27.5 Å². The van der Waals surface area contributed by atoms with Crippen molar-refractivity contribution in [2.75, 3.05) is 0 Å². The van der Waals surface area contributed by atoms with Crippen LogP contribution in [-0.4, -0.2) is 26.1 Å². The number of aryl methyl sites for hydroxylation is 6. The smallest absolute Gasteiger partial charge is 0.253 e. The molecule has 9 heteroatoms. The molecule has 0 saturated carbocycles. The van der Waals surface area contributed by atoms with Crippen molar-refractivity contribution in [3.63, 3.8) is 0 Å². The van der Waals surface area contributed by atoms with Crippen molar-refractivity contribution in [1.82, 2.24) is 14.5 Å². The van der Waals surface area contributed by atoms with Crippen LogP contribution >= 0.6 is 15.9 Å². The van der Waals surface area contributed by atoms with Gasteiger partial charge in [-0.1, -0.05) is 34.1 Å². The molecule has 2 aliphatic rings. The lowest BCUT2D eigenvalue weighted by Gasteiger charge is -2.21. The van der Waals surface area contributed by atoms with Crippen LogP contribution in [0, 0.1) is 20.8 Å². The van der Waals surface area contributed by atoms with Crippen LogP contribution in [0.3, 0.4) is 0 Å². The Morgan fingerprint density at radius 2 is 1.22 bits per heavy atom. The molecular formula is C41H40BrN3O5. The molecule has 50 heavy (non-hydrogen) atoms. The van der Waals surface area contributed by atoms with Gasteiger partial charge in [-0.05, 0) is 103 Å². The van der Waals surface area contributed by atoms with E-state index in [1.807, 2.05) is 69.4 Å². The first-order chi connectivity index (χ1) is 24.0. The normalized spacial score (nSPS) is 13.5. The lowest BCUT2D eigenvalue weighted by atomic mass is 9.87. The summed E-state index contributed by atoms with van der Waals surface area (Å²) >= 11 is 3.52. The molecule has 3 aromatic heterocycles. The van der Waals surface area contributed by atoms with Crippen LogP contribution in [-0.2, 0) is 55.5 Å². The number of fused-ring (bicyclic) bond motifs is 2. The summed E-state index contributed by atoms with van der Waals surface area (Å²) in [5, 5.41) is 0. The van der Waals surface area contributed by atoms with Crippen LogP contribution < -0.4 is 15.0 Å². The maximum Gasteiger partial charge on any atom is 0.253 e. The monoisotopic (exact) mass is 733 g/mol. The Morgan fingerprint density at radius 3 is 1.76 bits per heavy atom. The van der Waals surface area contributed by atoms with Crippen molar-refractivity contribution in [1.29, 1.82) is 0 Å². The molecule has 8 nitrogen and oxygen atoms in total. The summed E-state index contributed by atoms with van der Waals surface area (Å²) in [7, 11) is 1.76. The number of hydrogen-bond acceptors (Lipinski definition) is 7. The summed E-state index contributed by atoms with van der Waals surface area (Å²) in [5.74, 6) is 2.03. The Bertz CT molecular complexity index is 2130. The number of ketones is 2. The predicted molar refractivity (Wildman–Crippen MR) is 197 cm³/mol. The van der Waals surface area contributed by atoms with Crippen LogP contribution in [0.2, 0.25) is 0 Å². The van der Waals surface area contributed by atoms with E-state index in [4.69, 9.17) is 9.47 Å².